The lowest BCUT2D eigenvalue weighted by Gasteiger charge is -2.41. The largest absolute Gasteiger partial charge is 0.454 e. The number of amides is 1. The van der Waals surface area contributed by atoms with Gasteiger partial charge >= 0.3 is 5.97 Å². The van der Waals surface area contributed by atoms with E-state index in [1.54, 1.807) is 6.08 Å². The van der Waals surface area contributed by atoms with Crippen molar-refractivity contribution in [2.75, 3.05) is 13.2 Å². The highest BCUT2D eigenvalue weighted by atomic mass is 16.7. The van der Waals surface area contributed by atoms with Crippen molar-refractivity contribution in [2.24, 2.45) is 0 Å². The Morgan fingerprint density at radius 2 is 1.01 bits per heavy atom. The molecule has 0 radical (unpaired) electrons. The van der Waals surface area contributed by atoms with Crippen LogP contribution in [-0.2, 0) is 23.8 Å². The van der Waals surface area contributed by atoms with Crippen LogP contribution in [0.15, 0.2) is 122 Å². The zero-order valence-electron chi connectivity index (χ0n) is 47.6. The molecule has 11 nitrogen and oxygen atoms in total. The Bertz CT molecular complexity index is 1690. The number of rotatable bonds is 48. The second-order valence-corrected chi connectivity index (χ2v) is 20.1. The predicted octanol–water partition coefficient (Wildman–Crippen LogP) is 13.9. The minimum Gasteiger partial charge on any atom is -0.454 e. The summed E-state index contributed by atoms with van der Waals surface area (Å²) in [5.74, 6) is -1.26. The van der Waals surface area contributed by atoms with E-state index in [-0.39, 0.29) is 19.4 Å². The van der Waals surface area contributed by atoms with Crippen molar-refractivity contribution in [3.63, 3.8) is 0 Å². The third-order valence-corrected chi connectivity index (χ3v) is 13.2. The van der Waals surface area contributed by atoms with Crippen LogP contribution in [0.1, 0.15) is 213 Å². The standard InChI is InChI=1S/C65H107NO10/c1-4-7-10-13-16-19-22-25-26-27-28-29-30-31-32-33-35-37-40-43-46-49-52-58(69)64(73)66-56(57(68)51-48-45-42-39-36-24-21-18-15-12-9-6-3)55-74-65-63(62(72)61(71)59(54-67)75-65)76-60(70)53-50-47-44-41-38-34-23-20-17-14-11-8-5-2/h7-8,10-11,14,16-17,19-20,23,25-26,28-29,31-32,34,38,48,51,56-59,61-63,65,67-69,71-72H,4-6,9,12-13,15,18,21-22,24,27,30,33,35-37,39-47,49-50,52-55H2,1-3H3,(H,66,73)/b10-7-,11-8+,17-14+,19-16-,23-20-,26-25-,29-28-,32-31-,38-34-,51-48+. The number of ether oxygens (including phenoxy) is 3. The molecule has 0 spiro atoms. The van der Waals surface area contributed by atoms with E-state index in [0.717, 1.165) is 122 Å². The molecule has 6 N–H and O–H groups in total. The quantitative estimate of drug-likeness (QED) is 0.0149. The SMILES string of the molecule is CC/C=C\C/C=C\C/C=C\C/C=C\C/C=C\CCCCCCCCC(O)C(=O)NC(COC1OC(CO)C(O)C(O)C1OC(=O)CCCCC\C=C/C=C\C=C\C=C\CC)C(O)/C=C/CCCCCCCCCCCC. The number of unbranched alkanes of at least 4 members (excludes halogenated alkanes) is 19. The molecule has 8 unspecified atom stereocenters. The van der Waals surface area contributed by atoms with Gasteiger partial charge in [0.25, 0.3) is 0 Å². The first-order valence-electron chi connectivity index (χ1n) is 29.9. The summed E-state index contributed by atoms with van der Waals surface area (Å²) in [5, 5.41) is 56.9. The summed E-state index contributed by atoms with van der Waals surface area (Å²) < 4.78 is 17.5. The normalized spacial score (nSPS) is 20.0. The summed E-state index contributed by atoms with van der Waals surface area (Å²) in [6.07, 6.45) is 61.0. The fraction of sp³-hybridized carbons (Fsp3) is 0.662. The van der Waals surface area contributed by atoms with Gasteiger partial charge in [-0.25, -0.2) is 0 Å². The molecule has 1 rings (SSSR count). The topological polar surface area (TPSA) is 175 Å². The van der Waals surface area contributed by atoms with Gasteiger partial charge in [-0.05, 0) is 89.9 Å². The Balaban J connectivity index is 2.71. The van der Waals surface area contributed by atoms with Crippen molar-refractivity contribution in [2.45, 2.75) is 262 Å². The molecule has 1 amide bonds. The molecule has 1 aliphatic rings. The van der Waals surface area contributed by atoms with Crippen LogP contribution < -0.4 is 5.32 Å². The van der Waals surface area contributed by atoms with Gasteiger partial charge < -0.3 is 45.1 Å². The molecule has 0 aliphatic carbocycles. The molecular weight excluding hydrogens is 955 g/mol. The minimum absolute atomic E-state index is 0.0695. The Labute approximate surface area is 461 Å². The van der Waals surface area contributed by atoms with Crippen LogP contribution in [-0.4, -0.2) is 99.6 Å². The van der Waals surface area contributed by atoms with E-state index < -0.39 is 67.4 Å². The number of hydrogen-bond donors (Lipinski definition) is 6. The number of esters is 1. The van der Waals surface area contributed by atoms with Crippen molar-refractivity contribution >= 4 is 11.9 Å². The lowest BCUT2D eigenvalue weighted by molar-refractivity contribution is -0.305. The third kappa shape index (κ3) is 39.4. The highest BCUT2D eigenvalue weighted by molar-refractivity contribution is 5.80. The van der Waals surface area contributed by atoms with Crippen molar-refractivity contribution < 1.29 is 49.3 Å². The molecule has 1 saturated heterocycles. The van der Waals surface area contributed by atoms with Crippen LogP contribution in [0.25, 0.3) is 0 Å². The summed E-state index contributed by atoms with van der Waals surface area (Å²) >= 11 is 0. The average molecular weight is 1060 g/mol. The van der Waals surface area contributed by atoms with E-state index in [1.807, 2.05) is 42.5 Å². The lowest BCUT2D eigenvalue weighted by atomic mass is 9.99. The van der Waals surface area contributed by atoms with Gasteiger partial charge in [0.1, 0.15) is 24.4 Å². The number of aliphatic hydroxyl groups excluding tert-OH is 5. The van der Waals surface area contributed by atoms with Crippen LogP contribution in [0.2, 0.25) is 0 Å². The maximum atomic E-state index is 13.4. The van der Waals surface area contributed by atoms with Crippen molar-refractivity contribution in [3.05, 3.63) is 122 Å². The summed E-state index contributed by atoms with van der Waals surface area (Å²) in [4.78, 5) is 26.5. The van der Waals surface area contributed by atoms with Gasteiger partial charge in [-0.15, -0.1) is 0 Å². The summed E-state index contributed by atoms with van der Waals surface area (Å²) in [5.41, 5.74) is 0. The van der Waals surface area contributed by atoms with Crippen molar-refractivity contribution in [1.82, 2.24) is 5.32 Å². The third-order valence-electron chi connectivity index (χ3n) is 13.2. The van der Waals surface area contributed by atoms with Crippen LogP contribution >= 0.6 is 0 Å². The maximum Gasteiger partial charge on any atom is 0.306 e. The number of allylic oxidation sites excluding steroid dienone is 19. The molecule has 0 aromatic carbocycles. The first kappa shape index (κ1) is 70.1. The molecule has 8 atom stereocenters. The second-order valence-electron chi connectivity index (χ2n) is 20.1. The van der Waals surface area contributed by atoms with Crippen LogP contribution in [0.4, 0.5) is 0 Å². The Morgan fingerprint density at radius 1 is 0.539 bits per heavy atom. The molecule has 1 fully saturated rings. The van der Waals surface area contributed by atoms with Gasteiger partial charge in [0.2, 0.25) is 5.91 Å². The molecule has 0 aromatic rings. The maximum absolute atomic E-state index is 13.4. The van der Waals surface area contributed by atoms with Gasteiger partial charge in [-0.2, -0.15) is 0 Å². The molecular formula is C65H107NO10. The molecule has 76 heavy (non-hydrogen) atoms. The van der Waals surface area contributed by atoms with E-state index in [0.29, 0.717) is 12.8 Å². The summed E-state index contributed by atoms with van der Waals surface area (Å²) in [6, 6.07) is -1.05. The fourth-order valence-corrected chi connectivity index (χ4v) is 8.51. The predicted molar refractivity (Wildman–Crippen MR) is 314 cm³/mol. The zero-order valence-corrected chi connectivity index (χ0v) is 47.6. The van der Waals surface area contributed by atoms with Gasteiger partial charge in [0.05, 0.1) is 25.4 Å². The number of carbonyl (C=O) groups is 2. The number of aliphatic hydroxyl groups is 5. The van der Waals surface area contributed by atoms with Crippen LogP contribution in [0.5, 0.6) is 0 Å². The van der Waals surface area contributed by atoms with Gasteiger partial charge in [-0.1, -0.05) is 239 Å². The lowest BCUT2D eigenvalue weighted by Crippen LogP contribution is -2.61. The van der Waals surface area contributed by atoms with Crippen LogP contribution in [0.3, 0.4) is 0 Å². The molecule has 1 aliphatic heterocycles. The van der Waals surface area contributed by atoms with E-state index in [4.69, 9.17) is 14.2 Å². The molecule has 432 valence electrons. The smallest absolute Gasteiger partial charge is 0.306 e. The second kappa shape index (κ2) is 51.8. The molecule has 0 bridgehead atoms. The first-order valence-corrected chi connectivity index (χ1v) is 29.9. The van der Waals surface area contributed by atoms with E-state index in [9.17, 15) is 35.1 Å². The Hall–Kier alpha value is -3.94. The minimum atomic E-state index is -1.64. The fourth-order valence-electron chi connectivity index (χ4n) is 8.51. The van der Waals surface area contributed by atoms with Gasteiger partial charge in [0, 0.05) is 6.42 Å². The highest BCUT2D eigenvalue weighted by Gasteiger charge is 2.47. The van der Waals surface area contributed by atoms with Crippen molar-refractivity contribution in [1.29, 1.82) is 0 Å². The molecule has 11 heteroatoms. The number of nitrogens with one attached hydrogen (secondary N) is 1. The Morgan fingerprint density at radius 3 is 1.58 bits per heavy atom. The highest BCUT2D eigenvalue weighted by Crippen LogP contribution is 2.26. The molecule has 0 saturated carbocycles. The van der Waals surface area contributed by atoms with E-state index in [1.165, 1.54) is 44.9 Å². The molecule has 0 aromatic heterocycles. The number of carbonyl (C=O) groups excluding carboxylic acids is 2. The Kier molecular flexibility index (Phi) is 47.8. The zero-order chi connectivity index (χ0) is 55.4. The summed E-state index contributed by atoms with van der Waals surface area (Å²) in [7, 11) is 0. The van der Waals surface area contributed by atoms with E-state index >= 15 is 0 Å². The average Bonchev–Trinajstić information content (AvgIpc) is 3.42. The van der Waals surface area contributed by atoms with Crippen LogP contribution in [0, 0.1) is 0 Å². The monoisotopic (exact) mass is 1060 g/mol. The van der Waals surface area contributed by atoms with Gasteiger partial charge in [-0.3, -0.25) is 9.59 Å². The number of hydrogen-bond acceptors (Lipinski definition) is 10. The van der Waals surface area contributed by atoms with Crippen molar-refractivity contribution in [3.8, 4) is 0 Å². The molecule has 1 heterocycles. The van der Waals surface area contributed by atoms with E-state index in [2.05, 4.69) is 99.0 Å². The summed E-state index contributed by atoms with van der Waals surface area (Å²) in [6.45, 7) is 5.48. The van der Waals surface area contributed by atoms with Gasteiger partial charge in [0.15, 0.2) is 12.4 Å². The first-order chi connectivity index (χ1) is 37.2.